The van der Waals surface area contributed by atoms with Gasteiger partial charge in [0.05, 0.1) is 5.69 Å². The van der Waals surface area contributed by atoms with Gasteiger partial charge in [-0.1, -0.05) is 59.6 Å². The Morgan fingerprint density at radius 3 is 2.64 bits per heavy atom. The van der Waals surface area contributed by atoms with Crippen LogP contribution in [0.4, 0.5) is 0 Å². The number of halogens is 1. The second-order valence-corrected chi connectivity index (χ2v) is 6.27. The molecule has 0 aliphatic rings. The molecular weight excluding hydrogens is 336 g/mol. The molecule has 3 rings (SSSR count). The molecule has 0 unspecified atom stereocenters. The second kappa shape index (κ2) is 6.93. The molecule has 0 atom stereocenters. The van der Waals surface area contributed by atoms with Gasteiger partial charge in [-0.05, 0) is 30.2 Å². The molecule has 0 bridgehead atoms. The zero-order chi connectivity index (χ0) is 15.4. The number of para-hydroxylation sites is 1. The Morgan fingerprint density at radius 2 is 1.86 bits per heavy atom. The summed E-state index contributed by atoms with van der Waals surface area (Å²) >= 11 is 3.49. The number of unbranched alkanes of at least 4 members (excludes halogenated alkanes) is 1. The minimum absolute atomic E-state index is 0.885. The molecular formula is C19H19BrN2. The van der Waals surface area contributed by atoms with Crippen molar-refractivity contribution in [1.29, 1.82) is 0 Å². The Morgan fingerprint density at radius 1 is 1.09 bits per heavy atom. The van der Waals surface area contributed by atoms with Gasteiger partial charge in [0.1, 0.15) is 0 Å². The van der Waals surface area contributed by atoms with Crippen LogP contribution in [0, 0.1) is 0 Å². The van der Waals surface area contributed by atoms with Crippen LogP contribution in [0.2, 0.25) is 0 Å². The van der Waals surface area contributed by atoms with E-state index in [0.717, 1.165) is 28.6 Å². The number of nitrogens with one attached hydrogen (secondary N) is 1. The molecule has 0 amide bonds. The fraction of sp³-hybridized carbons (Fsp3) is 0.211. The number of H-pyrrole nitrogens is 1. The molecule has 0 saturated carbocycles. The van der Waals surface area contributed by atoms with Crippen LogP contribution in [0.1, 0.15) is 25.3 Å². The van der Waals surface area contributed by atoms with Gasteiger partial charge in [-0.25, -0.2) is 0 Å². The van der Waals surface area contributed by atoms with Crippen molar-refractivity contribution in [3.05, 3.63) is 58.6 Å². The van der Waals surface area contributed by atoms with Gasteiger partial charge in [0.2, 0.25) is 0 Å². The van der Waals surface area contributed by atoms with Crippen molar-refractivity contribution in [3.63, 3.8) is 0 Å². The monoisotopic (exact) mass is 354 g/mol. The summed E-state index contributed by atoms with van der Waals surface area (Å²) in [4.78, 5) is 8.14. The van der Waals surface area contributed by atoms with Gasteiger partial charge in [0, 0.05) is 33.7 Å². The van der Waals surface area contributed by atoms with Crippen molar-refractivity contribution in [2.24, 2.45) is 4.99 Å². The predicted molar refractivity (Wildman–Crippen MR) is 98.8 cm³/mol. The number of aromatic nitrogens is 1. The average Bonchev–Trinajstić information content (AvgIpc) is 2.91. The molecule has 22 heavy (non-hydrogen) atoms. The van der Waals surface area contributed by atoms with Gasteiger partial charge in [-0.15, -0.1) is 0 Å². The highest BCUT2D eigenvalue weighted by Crippen LogP contribution is 2.29. The van der Waals surface area contributed by atoms with Crippen LogP contribution in [0.3, 0.4) is 0 Å². The lowest BCUT2D eigenvalue weighted by Gasteiger charge is -2.01. The molecule has 0 spiro atoms. The summed E-state index contributed by atoms with van der Waals surface area (Å²) in [7, 11) is 0. The normalized spacial score (nSPS) is 11.5. The van der Waals surface area contributed by atoms with Crippen LogP contribution in [0.25, 0.3) is 22.2 Å². The van der Waals surface area contributed by atoms with Crippen molar-refractivity contribution in [2.75, 3.05) is 6.54 Å². The van der Waals surface area contributed by atoms with Crippen LogP contribution >= 0.6 is 15.9 Å². The molecule has 1 aromatic heterocycles. The van der Waals surface area contributed by atoms with Crippen molar-refractivity contribution >= 4 is 33.0 Å². The van der Waals surface area contributed by atoms with Gasteiger partial charge < -0.3 is 4.98 Å². The molecule has 0 aliphatic heterocycles. The van der Waals surface area contributed by atoms with Crippen molar-refractivity contribution in [1.82, 2.24) is 4.98 Å². The van der Waals surface area contributed by atoms with E-state index in [-0.39, 0.29) is 0 Å². The van der Waals surface area contributed by atoms with Crippen LogP contribution in [-0.2, 0) is 0 Å². The fourth-order valence-electron chi connectivity index (χ4n) is 2.55. The number of nitrogens with zero attached hydrogens (tertiary/aromatic N) is 1. The van der Waals surface area contributed by atoms with E-state index in [0.29, 0.717) is 0 Å². The number of aliphatic imine (C=N–C) groups is 1. The van der Waals surface area contributed by atoms with E-state index in [1.807, 2.05) is 6.21 Å². The first kappa shape index (κ1) is 15.0. The van der Waals surface area contributed by atoms with Gasteiger partial charge >= 0.3 is 0 Å². The zero-order valence-electron chi connectivity index (χ0n) is 12.6. The topological polar surface area (TPSA) is 28.1 Å². The first-order valence-corrected chi connectivity index (χ1v) is 8.45. The van der Waals surface area contributed by atoms with Gasteiger partial charge in [-0.2, -0.15) is 0 Å². The standard InChI is InChI=1S/C19H19BrN2/c1-2-3-12-21-13-17-16-6-4-5-7-18(16)22-19(17)14-8-10-15(20)11-9-14/h4-11,13,22H,2-3,12H2,1H3. The summed E-state index contributed by atoms with van der Waals surface area (Å²) in [5, 5.41) is 1.22. The minimum Gasteiger partial charge on any atom is -0.354 e. The fourth-order valence-corrected chi connectivity index (χ4v) is 2.81. The lowest BCUT2D eigenvalue weighted by Crippen LogP contribution is -1.88. The molecule has 2 nitrogen and oxygen atoms in total. The molecule has 0 radical (unpaired) electrons. The Bertz CT molecular complexity index is 785. The second-order valence-electron chi connectivity index (χ2n) is 5.35. The summed E-state index contributed by atoms with van der Waals surface area (Å²) < 4.78 is 1.09. The van der Waals surface area contributed by atoms with E-state index in [9.17, 15) is 0 Å². The maximum absolute atomic E-state index is 4.60. The third-order valence-corrected chi connectivity index (χ3v) is 4.27. The van der Waals surface area contributed by atoms with Gasteiger partial charge in [-0.3, -0.25) is 4.99 Å². The molecule has 0 fully saturated rings. The molecule has 2 aromatic carbocycles. The summed E-state index contributed by atoms with van der Waals surface area (Å²) in [6.45, 7) is 3.07. The quantitative estimate of drug-likeness (QED) is 0.441. The number of hydrogen-bond acceptors (Lipinski definition) is 1. The van der Waals surface area contributed by atoms with Crippen molar-refractivity contribution in [2.45, 2.75) is 19.8 Å². The summed E-state index contributed by atoms with van der Waals surface area (Å²) in [6.07, 6.45) is 4.32. The summed E-state index contributed by atoms with van der Waals surface area (Å²) in [6, 6.07) is 16.8. The van der Waals surface area contributed by atoms with E-state index in [4.69, 9.17) is 0 Å². The Kier molecular flexibility index (Phi) is 4.74. The SMILES string of the molecule is CCCCN=Cc1c(-c2ccc(Br)cc2)[nH]c2ccccc12. The summed E-state index contributed by atoms with van der Waals surface area (Å²) in [5.74, 6) is 0. The molecule has 1 N–H and O–H groups in total. The van der Waals surface area contributed by atoms with Gasteiger partial charge in [0.15, 0.2) is 0 Å². The van der Waals surface area contributed by atoms with E-state index in [1.54, 1.807) is 0 Å². The molecule has 3 heteroatoms. The lowest BCUT2D eigenvalue weighted by molar-refractivity contribution is 0.810. The van der Waals surface area contributed by atoms with Gasteiger partial charge in [0.25, 0.3) is 0 Å². The number of rotatable bonds is 5. The average molecular weight is 355 g/mol. The maximum Gasteiger partial charge on any atom is 0.0553 e. The highest BCUT2D eigenvalue weighted by Gasteiger charge is 2.11. The Balaban J connectivity index is 2.08. The van der Waals surface area contributed by atoms with E-state index in [1.165, 1.54) is 22.9 Å². The number of hydrogen-bond donors (Lipinski definition) is 1. The van der Waals surface area contributed by atoms with Crippen molar-refractivity contribution in [3.8, 4) is 11.3 Å². The Hall–Kier alpha value is -1.87. The zero-order valence-corrected chi connectivity index (χ0v) is 14.2. The number of aromatic amines is 1. The third kappa shape index (κ3) is 3.14. The molecule has 112 valence electrons. The highest BCUT2D eigenvalue weighted by atomic mass is 79.9. The first-order chi connectivity index (χ1) is 10.8. The maximum atomic E-state index is 4.60. The molecule has 1 heterocycles. The highest BCUT2D eigenvalue weighted by molar-refractivity contribution is 9.10. The van der Waals surface area contributed by atoms with E-state index >= 15 is 0 Å². The van der Waals surface area contributed by atoms with Crippen LogP contribution in [0.5, 0.6) is 0 Å². The molecule has 3 aromatic rings. The van der Waals surface area contributed by atoms with E-state index in [2.05, 4.69) is 81.4 Å². The first-order valence-electron chi connectivity index (χ1n) is 7.66. The molecule has 0 saturated heterocycles. The van der Waals surface area contributed by atoms with Crippen LogP contribution in [0.15, 0.2) is 58.0 Å². The van der Waals surface area contributed by atoms with Crippen LogP contribution < -0.4 is 0 Å². The predicted octanol–water partition coefficient (Wildman–Crippen LogP) is 5.82. The Labute approximate surface area is 139 Å². The van der Waals surface area contributed by atoms with Crippen molar-refractivity contribution < 1.29 is 0 Å². The minimum atomic E-state index is 0.885. The number of fused-ring (bicyclic) bond motifs is 1. The third-order valence-electron chi connectivity index (χ3n) is 3.74. The summed E-state index contributed by atoms with van der Waals surface area (Å²) in [5.41, 5.74) is 4.64. The smallest absolute Gasteiger partial charge is 0.0553 e. The van der Waals surface area contributed by atoms with Crippen LogP contribution in [-0.4, -0.2) is 17.7 Å². The molecule has 0 aliphatic carbocycles. The number of benzene rings is 2. The largest absolute Gasteiger partial charge is 0.354 e. The van der Waals surface area contributed by atoms with E-state index < -0.39 is 0 Å². The lowest BCUT2D eigenvalue weighted by atomic mass is 10.1.